The molecule has 2 aromatic carbocycles. The Bertz CT molecular complexity index is 1920. The van der Waals surface area contributed by atoms with E-state index in [-0.39, 0.29) is 28.9 Å². The molecule has 3 N–H and O–H groups in total. The number of carbonyl (C=O) groups excluding carboxylic acids is 4. The Labute approximate surface area is 295 Å². The number of amides is 3. The lowest BCUT2D eigenvalue weighted by Crippen LogP contribution is -2.33. The van der Waals surface area contributed by atoms with Crippen molar-refractivity contribution >= 4 is 40.9 Å². The van der Waals surface area contributed by atoms with E-state index in [1.54, 1.807) is 74.6 Å². The summed E-state index contributed by atoms with van der Waals surface area (Å²) in [5.41, 5.74) is 3.31. The summed E-state index contributed by atoms with van der Waals surface area (Å²) in [4.78, 5) is 57.8. The highest BCUT2D eigenvalue weighted by molar-refractivity contribution is 7.13. The molecular weight excluding hydrogens is 657 g/mol. The first-order chi connectivity index (χ1) is 23.6. The number of nitrogens with one attached hydrogen (secondary N) is 3. The Morgan fingerprint density at radius 2 is 1.62 bits per heavy atom. The van der Waals surface area contributed by atoms with Crippen molar-refractivity contribution in [3.63, 3.8) is 0 Å². The smallest absolute Gasteiger partial charge is 0.407 e. The molecule has 0 bridgehead atoms. The summed E-state index contributed by atoms with van der Waals surface area (Å²) < 4.78 is 16.6. The summed E-state index contributed by atoms with van der Waals surface area (Å²) in [7, 11) is 1.24. The summed E-state index contributed by atoms with van der Waals surface area (Å²) in [5, 5.41) is 10.6. The van der Waals surface area contributed by atoms with Crippen molar-refractivity contribution < 1.29 is 33.4 Å². The van der Waals surface area contributed by atoms with Crippen molar-refractivity contribution in [1.82, 2.24) is 15.6 Å². The van der Waals surface area contributed by atoms with E-state index >= 15 is 0 Å². The van der Waals surface area contributed by atoms with Crippen molar-refractivity contribution in [3.8, 4) is 27.3 Å². The zero-order valence-electron chi connectivity index (χ0n) is 29.3. The van der Waals surface area contributed by atoms with Crippen LogP contribution in [-0.2, 0) is 22.4 Å². The van der Waals surface area contributed by atoms with E-state index in [4.69, 9.17) is 14.2 Å². The average Bonchev–Trinajstić information content (AvgIpc) is 3.46. The van der Waals surface area contributed by atoms with Gasteiger partial charge in [0.15, 0.2) is 5.69 Å². The largest absolute Gasteiger partial charge is 0.493 e. The zero-order chi connectivity index (χ0) is 36.2. The molecular formula is C38H42N4O7S. The molecule has 5 rings (SSSR count). The molecule has 262 valence electrons. The van der Waals surface area contributed by atoms with Crippen LogP contribution in [0.15, 0.2) is 60.0 Å². The van der Waals surface area contributed by atoms with Crippen LogP contribution in [0.25, 0.3) is 21.6 Å². The molecule has 1 aliphatic heterocycles. The Morgan fingerprint density at radius 1 is 0.880 bits per heavy atom. The van der Waals surface area contributed by atoms with E-state index in [0.29, 0.717) is 42.1 Å². The van der Waals surface area contributed by atoms with Crippen LogP contribution < -0.4 is 20.7 Å². The second-order valence-electron chi connectivity index (χ2n) is 14.1. The molecule has 0 fully saturated rings. The second-order valence-corrected chi connectivity index (χ2v) is 15.0. The molecule has 12 heteroatoms. The van der Waals surface area contributed by atoms with Gasteiger partial charge < -0.3 is 30.2 Å². The fraction of sp³-hybridized carbons (Fsp3) is 0.342. The van der Waals surface area contributed by atoms with Crippen molar-refractivity contribution in [2.24, 2.45) is 5.41 Å². The first kappa shape index (κ1) is 36.1. The molecule has 0 saturated carbocycles. The lowest BCUT2D eigenvalue weighted by molar-refractivity contribution is 0.0522. The number of rotatable bonds is 8. The molecule has 0 saturated heterocycles. The van der Waals surface area contributed by atoms with Crippen LogP contribution in [-0.4, -0.2) is 54.7 Å². The number of alkyl carbamates (subject to hydrolysis) is 1. The quantitative estimate of drug-likeness (QED) is 0.163. The number of aromatic nitrogens is 1. The summed E-state index contributed by atoms with van der Waals surface area (Å²) in [6.07, 6.45) is 0.176. The van der Waals surface area contributed by atoms with Gasteiger partial charge in [-0.15, -0.1) is 11.3 Å². The van der Waals surface area contributed by atoms with Gasteiger partial charge in [-0.2, -0.15) is 0 Å². The molecule has 2 aromatic heterocycles. The number of esters is 1. The van der Waals surface area contributed by atoms with Gasteiger partial charge in [-0.05, 0) is 85.2 Å². The van der Waals surface area contributed by atoms with Crippen molar-refractivity contribution in [2.45, 2.75) is 60.1 Å². The maximum atomic E-state index is 14.1. The van der Waals surface area contributed by atoms with E-state index in [1.807, 2.05) is 32.2 Å². The van der Waals surface area contributed by atoms with Crippen molar-refractivity contribution in [3.05, 3.63) is 88.1 Å². The number of methoxy groups -OCH3 is 1. The van der Waals surface area contributed by atoms with Crippen LogP contribution in [0.3, 0.4) is 0 Å². The van der Waals surface area contributed by atoms with Gasteiger partial charge in [-0.25, -0.2) is 14.6 Å². The molecule has 1 aliphatic rings. The highest BCUT2D eigenvalue weighted by Gasteiger charge is 2.27. The molecule has 0 unspecified atom stereocenters. The molecule has 3 amide bonds. The lowest BCUT2D eigenvalue weighted by Gasteiger charge is -2.19. The van der Waals surface area contributed by atoms with Gasteiger partial charge >= 0.3 is 12.1 Å². The van der Waals surface area contributed by atoms with E-state index in [1.165, 1.54) is 13.2 Å². The Balaban J connectivity index is 1.51. The highest BCUT2D eigenvalue weighted by atomic mass is 32.1. The minimum absolute atomic E-state index is 0.0416. The predicted octanol–water partition coefficient (Wildman–Crippen LogP) is 7.25. The Hall–Kier alpha value is -5.23. The van der Waals surface area contributed by atoms with Gasteiger partial charge in [0.25, 0.3) is 11.8 Å². The fourth-order valence-corrected chi connectivity index (χ4v) is 6.19. The molecule has 50 heavy (non-hydrogen) atoms. The second kappa shape index (κ2) is 14.7. The SMILES string of the molecule is COC(=O)c1nc(C(=O)NCC(C)(C)C)ccc1-c1cc2c(cc1C(=O)Nc1ccc(CNC(=O)OC(C)(C)C)cc1)-c1sccc1CCO2. The standard InChI is InChI=1S/C38H42N4O7S/c1-37(2,3)21-40-34(44)29-13-12-25(31(42-29)35(45)47-7)26-19-30-28(32-23(14-16-48-30)15-17-50-32)18-27(26)33(43)41-24-10-8-22(9-11-24)20-39-36(46)49-38(4,5)6/h8-13,15,17-19H,14,16,20-21H2,1-7H3,(H,39,46)(H,40,44)(H,41,43). The molecule has 4 aromatic rings. The fourth-order valence-electron chi connectivity index (χ4n) is 5.21. The summed E-state index contributed by atoms with van der Waals surface area (Å²) in [6, 6.07) is 15.7. The first-order valence-electron chi connectivity index (χ1n) is 16.2. The van der Waals surface area contributed by atoms with Crippen LogP contribution in [0, 0.1) is 5.41 Å². The number of thiophene rings is 1. The zero-order valence-corrected chi connectivity index (χ0v) is 30.1. The summed E-state index contributed by atoms with van der Waals surface area (Å²) in [5.74, 6) is -1.08. The maximum absolute atomic E-state index is 14.1. The Morgan fingerprint density at radius 3 is 2.30 bits per heavy atom. The van der Waals surface area contributed by atoms with Gasteiger partial charge in [-0.3, -0.25) is 9.59 Å². The van der Waals surface area contributed by atoms with Crippen LogP contribution in [0.2, 0.25) is 0 Å². The highest BCUT2D eigenvalue weighted by Crippen LogP contribution is 2.43. The monoisotopic (exact) mass is 698 g/mol. The maximum Gasteiger partial charge on any atom is 0.407 e. The molecule has 0 aliphatic carbocycles. The summed E-state index contributed by atoms with van der Waals surface area (Å²) >= 11 is 1.56. The number of carbonyl (C=O) groups is 4. The minimum atomic E-state index is -0.760. The topological polar surface area (TPSA) is 145 Å². The Kier molecular flexibility index (Phi) is 10.6. The number of hydrogen-bond acceptors (Lipinski definition) is 9. The number of pyridine rings is 1. The van der Waals surface area contributed by atoms with E-state index in [0.717, 1.165) is 21.6 Å². The number of fused-ring (bicyclic) bond motifs is 3. The molecule has 3 heterocycles. The van der Waals surface area contributed by atoms with E-state index in [2.05, 4.69) is 20.9 Å². The van der Waals surface area contributed by atoms with Crippen LogP contribution in [0.1, 0.15) is 84.0 Å². The minimum Gasteiger partial charge on any atom is -0.493 e. The third-order valence-electron chi connectivity index (χ3n) is 7.61. The normalized spacial score (nSPS) is 12.4. The molecule has 0 radical (unpaired) electrons. The van der Waals surface area contributed by atoms with Gasteiger partial charge in [0.2, 0.25) is 0 Å². The number of anilines is 1. The van der Waals surface area contributed by atoms with Gasteiger partial charge in [0.05, 0.1) is 13.7 Å². The van der Waals surface area contributed by atoms with Crippen LogP contribution in [0.4, 0.5) is 10.5 Å². The van der Waals surface area contributed by atoms with Crippen molar-refractivity contribution in [2.75, 3.05) is 25.6 Å². The molecule has 11 nitrogen and oxygen atoms in total. The average molecular weight is 699 g/mol. The van der Waals surface area contributed by atoms with E-state index in [9.17, 15) is 19.2 Å². The first-order valence-corrected chi connectivity index (χ1v) is 17.1. The number of benzene rings is 2. The van der Waals surface area contributed by atoms with E-state index < -0.39 is 29.5 Å². The predicted molar refractivity (Wildman–Crippen MR) is 193 cm³/mol. The molecule has 0 atom stereocenters. The summed E-state index contributed by atoms with van der Waals surface area (Å²) in [6.45, 7) is 12.4. The number of ether oxygens (including phenoxy) is 3. The lowest BCUT2D eigenvalue weighted by atomic mass is 9.93. The van der Waals surface area contributed by atoms with Gasteiger partial charge in [0.1, 0.15) is 17.0 Å². The van der Waals surface area contributed by atoms with Gasteiger partial charge in [0, 0.05) is 52.3 Å². The van der Waals surface area contributed by atoms with Crippen molar-refractivity contribution in [1.29, 1.82) is 0 Å². The molecule has 0 spiro atoms. The number of nitrogens with zero attached hydrogens (tertiary/aromatic N) is 1. The number of hydrogen-bond donors (Lipinski definition) is 3. The van der Waals surface area contributed by atoms with Gasteiger partial charge in [-0.1, -0.05) is 32.9 Å². The third kappa shape index (κ3) is 8.86. The van der Waals surface area contributed by atoms with Crippen LogP contribution in [0.5, 0.6) is 5.75 Å². The van der Waals surface area contributed by atoms with Crippen LogP contribution >= 0.6 is 11.3 Å². The third-order valence-corrected chi connectivity index (χ3v) is 8.60.